The molecule has 2 rings (SSSR count). The summed E-state index contributed by atoms with van der Waals surface area (Å²) in [4.78, 5) is 0. The summed E-state index contributed by atoms with van der Waals surface area (Å²) in [5.74, 6) is 0. The number of benzene rings is 1. The van der Waals surface area contributed by atoms with Crippen LogP contribution in [0.15, 0.2) is 24.3 Å². The molecule has 0 aliphatic heterocycles. The van der Waals surface area contributed by atoms with Crippen LogP contribution >= 0.6 is 0 Å². The monoisotopic (exact) mass is 218 g/mol. The lowest BCUT2D eigenvalue weighted by atomic mass is 9.89. The zero-order chi connectivity index (χ0) is 11.4. The second-order valence-corrected chi connectivity index (χ2v) is 4.57. The second kappa shape index (κ2) is 4.85. The Kier molecular flexibility index (Phi) is 3.46. The van der Waals surface area contributed by atoms with Gasteiger partial charge in [0.2, 0.25) is 0 Å². The van der Waals surface area contributed by atoms with E-state index in [0.717, 1.165) is 24.1 Å². The molecule has 0 aromatic heterocycles. The fourth-order valence-electron chi connectivity index (χ4n) is 2.20. The first kappa shape index (κ1) is 11.4. The molecular weight excluding hydrogens is 198 g/mol. The zero-order valence-electron chi connectivity index (χ0n) is 9.58. The molecule has 0 heterocycles. The number of nitrogens with two attached hydrogens (primary N) is 2. The first-order chi connectivity index (χ1) is 7.72. The molecule has 1 radical (unpaired) electrons. The first-order valence-electron chi connectivity index (χ1n) is 5.90. The molecule has 0 saturated heterocycles. The molecule has 1 aliphatic carbocycles. The van der Waals surface area contributed by atoms with Gasteiger partial charge in [-0.25, -0.2) is 0 Å². The average molecular weight is 218 g/mol. The summed E-state index contributed by atoms with van der Waals surface area (Å²) in [5, 5.41) is 3.42. The van der Waals surface area contributed by atoms with Crippen molar-refractivity contribution < 1.29 is 0 Å². The quantitative estimate of drug-likeness (QED) is 0.680. The molecular formula is C13H20N3. The predicted octanol–water partition coefficient (Wildman–Crippen LogP) is 1.99. The van der Waals surface area contributed by atoms with Crippen molar-refractivity contribution in [2.45, 2.75) is 37.9 Å². The van der Waals surface area contributed by atoms with Crippen LogP contribution < -0.4 is 16.8 Å². The highest BCUT2D eigenvalue weighted by Crippen LogP contribution is 2.27. The van der Waals surface area contributed by atoms with Gasteiger partial charge >= 0.3 is 0 Å². The maximum Gasteiger partial charge on any atom is 0.0859 e. The van der Waals surface area contributed by atoms with E-state index in [-0.39, 0.29) is 5.66 Å². The Bertz CT molecular complexity index is 343. The number of hydrogen-bond acceptors (Lipinski definition) is 3. The number of anilines is 1. The molecule has 3 heteroatoms. The molecule has 3 nitrogen and oxygen atoms in total. The fraction of sp³-hybridized carbons (Fsp3) is 0.462. The van der Waals surface area contributed by atoms with Crippen molar-refractivity contribution in [3.8, 4) is 0 Å². The van der Waals surface area contributed by atoms with E-state index in [0.29, 0.717) is 6.54 Å². The van der Waals surface area contributed by atoms with Gasteiger partial charge < -0.3 is 16.8 Å². The average Bonchev–Trinajstić information content (AvgIpc) is 2.29. The highest BCUT2D eigenvalue weighted by molar-refractivity contribution is 5.47. The summed E-state index contributed by atoms with van der Waals surface area (Å²) in [5.41, 5.74) is 13.9. The standard InChI is InChI=1S/C13H20N3/c14-10-11-5-4-6-12(9-11)16-13(15)7-2-1-3-8-13/h2,4-6,9,16H,1,3,7-8,10,14-15H2. The molecule has 1 aliphatic rings. The molecule has 0 amide bonds. The van der Waals surface area contributed by atoms with Crippen molar-refractivity contribution in [1.82, 2.24) is 0 Å². The largest absolute Gasteiger partial charge is 0.367 e. The Balaban J connectivity index is 2.07. The van der Waals surface area contributed by atoms with Crippen molar-refractivity contribution >= 4 is 5.69 Å². The third kappa shape index (κ3) is 2.74. The summed E-state index contributed by atoms with van der Waals surface area (Å²) in [6.07, 6.45) is 6.57. The molecule has 1 unspecified atom stereocenters. The minimum atomic E-state index is -0.272. The molecule has 87 valence electrons. The van der Waals surface area contributed by atoms with E-state index in [4.69, 9.17) is 11.5 Å². The van der Waals surface area contributed by atoms with Crippen molar-refractivity contribution in [2.24, 2.45) is 11.5 Å². The fourth-order valence-corrected chi connectivity index (χ4v) is 2.20. The van der Waals surface area contributed by atoms with E-state index < -0.39 is 0 Å². The van der Waals surface area contributed by atoms with Crippen LogP contribution in [0, 0.1) is 6.42 Å². The van der Waals surface area contributed by atoms with Gasteiger partial charge in [-0.3, -0.25) is 0 Å². The van der Waals surface area contributed by atoms with Gasteiger partial charge in [0.05, 0.1) is 5.66 Å². The van der Waals surface area contributed by atoms with Crippen LogP contribution in [0.1, 0.15) is 31.2 Å². The third-order valence-electron chi connectivity index (χ3n) is 3.10. The Labute approximate surface area is 97.2 Å². The third-order valence-corrected chi connectivity index (χ3v) is 3.10. The van der Waals surface area contributed by atoms with Gasteiger partial charge in [-0.2, -0.15) is 0 Å². The molecule has 5 N–H and O–H groups in total. The predicted molar refractivity (Wildman–Crippen MR) is 67.6 cm³/mol. The van der Waals surface area contributed by atoms with Crippen LogP contribution in [0.2, 0.25) is 0 Å². The molecule has 1 aromatic carbocycles. The van der Waals surface area contributed by atoms with Gasteiger partial charge in [0, 0.05) is 12.2 Å². The molecule has 1 atom stereocenters. The Morgan fingerprint density at radius 3 is 2.94 bits per heavy atom. The van der Waals surface area contributed by atoms with E-state index in [2.05, 4.69) is 17.8 Å². The van der Waals surface area contributed by atoms with Gasteiger partial charge in [-0.05, 0) is 49.8 Å². The minimum Gasteiger partial charge on any atom is -0.367 e. The molecule has 0 spiro atoms. The summed E-state index contributed by atoms with van der Waals surface area (Å²) in [7, 11) is 0. The molecule has 16 heavy (non-hydrogen) atoms. The van der Waals surface area contributed by atoms with Gasteiger partial charge in [0.15, 0.2) is 0 Å². The van der Waals surface area contributed by atoms with Gasteiger partial charge in [-0.1, -0.05) is 12.1 Å². The Morgan fingerprint density at radius 2 is 2.25 bits per heavy atom. The van der Waals surface area contributed by atoms with E-state index in [1.165, 1.54) is 12.8 Å². The van der Waals surface area contributed by atoms with Crippen molar-refractivity contribution in [1.29, 1.82) is 0 Å². The van der Waals surface area contributed by atoms with Crippen LogP contribution in [-0.4, -0.2) is 5.66 Å². The first-order valence-corrected chi connectivity index (χ1v) is 5.90. The normalized spacial score (nSPS) is 19.4. The SMILES string of the molecule is NCc1cccc(NC2(N)C[CH]CCC2)c1. The second-order valence-electron chi connectivity index (χ2n) is 4.57. The van der Waals surface area contributed by atoms with Crippen molar-refractivity contribution in [3.05, 3.63) is 36.2 Å². The highest BCUT2D eigenvalue weighted by atomic mass is 15.1. The summed E-state index contributed by atoms with van der Waals surface area (Å²) < 4.78 is 0. The molecule has 0 bridgehead atoms. The van der Waals surface area contributed by atoms with Crippen LogP contribution in [0.4, 0.5) is 5.69 Å². The minimum absolute atomic E-state index is 0.272. The number of hydrogen-bond donors (Lipinski definition) is 3. The Morgan fingerprint density at radius 1 is 1.38 bits per heavy atom. The lowest BCUT2D eigenvalue weighted by Crippen LogP contribution is -2.49. The van der Waals surface area contributed by atoms with Gasteiger partial charge in [0.1, 0.15) is 0 Å². The maximum absolute atomic E-state index is 6.31. The number of nitrogens with one attached hydrogen (secondary N) is 1. The maximum atomic E-state index is 6.31. The van der Waals surface area contributed by atoms with Crippen LogP contribution in [0.3, 0.4) is 0 Å². The van der Waals surface area contributed by atoms with Gasteiger partial charge in [-0.15, -0.1) is 0 Å². The zero-order valence-corrected chi connectivity index (χ0v) is 9.58. The lowest BCUT2D eigenvalue weighted by molar-refractivity contribution is 0.383. The summed E-state index contributed by atoms with van der Waals surface area (Å²) in [6.45, 7) is 0.569. The highest BCUT2D eigenvalue weighted by Gasteiger charge is 2.26. The number of rotatable bonds is 3. The van der Waals surface area contributed by atoms with Crippen LogP contribution in [0.5, 0.6) is 0 Å². The molecule has 1 aromatic rings. The molecule has 1 fully saturated rings. The summed E-state index contributed by atoms with van der Waals surface area (Å²) >= 11 is 0. The van der Waals surface area contributed by atoms with Crippen molar-refractivity contribution in [2.75, 3.05) is 5.32 Å². The van der Waals surface area contributed by atoms with E-state index in [9.17, 15) is 0 Å². The smallest absolute Gasteiger partial charge is 0.0859 e. The van der Waals surface area contributed by atoms with E-state index in [1.54, 1.807) is 0 Å². The molecule has 1 saturated carbocycles. The van der Waals surface area contributed by atoms with Crippen LogP contribution in [-0.2, 0) is 6.54 Å². The van der Waals surface area contributed by atoms with E-state index in [1.807, 2.05) is 18.2 Å². The summed E-state index contributed by atoms with van der Waals surface area (Å²) in [6, 6.07) is 8.16. The lowest BCUT2D eigenvalue weighted by Gasteiger charge is -2.35. The van der Waals surface area contributed by atoms with Crippen LogP contribution in [0.25, 0.3) is 0 Å². The van der Waals surface area contributed by atoms with Crippen molar-refractivity contribution in [3.63, 3.8) is 0 Å². The Hall–Kier alpha value is -1.06. The van der Waals surface area contributed by atoms with Gasteiger partial charge in [0.25, 0.3) is 0 Å². The topological polar surface area (TPSA) is 64.1 Å². The van der Waals surface area contributed by atoms with E-state index >= 15 is 0 Å².